The Bertz CT molecular complexity index is 1020. The molecule has 6 nitrogen and oxygen atoms in total. The van der Waals surface area contributed by atoms with E-state index in [0.717, 1.165) is 19.5 Å². The molecule has 3 rings (SSSR count). The summed E-state index contributed by atoms with van der Waals surface area (Å²) in [4.78, 5) is 29.8. The number of hydrogen-bond acceptors (Lipinski definition) is 5. The van der Waals surface area contributed by atoms with Crippen LogP contribution in [0.4, 0.5) is 4.39 Å². The van der Waals surface area contributed by atoms with E-state index in [2.05, 4.69) is 4.90 Å². The van der Waals surface area contributed by atoms with Gasteiger partial charge in [0.25, 0.3) is 11.7 Å². The molecule has 0 aliphatic carbocycles. The lowest BCUT2D eigenvalue weighted by Crippen LogP contribution is -2.38. The highest BCUT2D eigenvalue weighted by Crippen LogP contribution is 2.40. The van der Waals surface area contributed by atoms with Crippen LogP contribution >= 0.6 is 0 Å². The van der Waals surface area contributed by atoms with Crippen LogP contribution in [0.25, 0.3) is 5.76 Å². The minimum atomic E-state index is -0.768. The number of benzene rings is 2. The number of likely N-dealkylation sites (tertiary alicyclic amines) is 1. The van der Waals surface area contributed by atoms with Crippen LogP contribution < -0.4 is 4.74 Å². The zero-order chi connectivity index (χ0) is 24.0. The largest absolute Gasteiger partial charge is 0.507 e. The highest BCUT2D eigenvalue weighted by atomic mass is 19.1. The van der Waals surface area contributed by atoms with Gasteiger partial charge < -0.3 is 19.6 Å². The molecule has 0 saturated carbocycles. The highest BCUT2D eigenvalue weighted by molar-refractivity contribution is 6.46. The molecule has 1 saturated heterocycles. The maximum absolute atomic E-state index is 13.4. The second kappa shape index (κ2) is 11.1. The number of hydrogen-bond donors (Lipinski definition) is 1. The molecule has 2 aromatic rings. The molecule has 0 radical (unpaired) electrons. The quantitative estimate of drug-likeness (QED) is 0.328. The van der Waals surface area contributed by atoms with Gasteiger partial charge in [-0.15, -0.1) is 0 Å². The Hall–Kier alpha value is -3.19. The molecule has 1 aliphatic heterocycles. The van der Waals surface area contributed by atoms with Crippen LogP contribution in [0.2, 0.25) is 0 Å². The fourth-order valence-electron chi connectivity index (χ4n) is 4.00. The zero-order valence-electron chi connectivity index (χ0n) is 19.4. The smallest absolute Gasteiger partial charge is 0.295 e. The second-order valence-corrected chi connectivity index (χ2v) is 7.95. The third-order valence-corrected chi connectivity index (χ3v) is 5.86. The molecule has 1 aliphatic rings. The van der Waals surface area contributed by atoms with Gasteiger partial charge in [0.05, 0.1) is 18.2 Å². The summed E-state index contributed by atoms with van der Waals surface area (Å²) in [5, 5.41) is 11.0. The van der Waals surface area contributed by atoms with Gasteiger partial charge >= 0.3 is 0 Å². The van der Waals surface area contributed by atoms with E-state index in [1.54, 1.807) is 6.07 Å². The average Bonchev–Trinajstić information content (AvgIpc) is 3.08. The predicted molar refractivity (Wildman–Crippen MR) is 125 cm³/mol. The number of ketones is 1. The van der Waals surface area contributed by atoms with Crippen molar-refractivity contribution in [1.82, 2.24) is 9.80 Å². The van der Waals surface area contributed by atoms with Gasteiger partial charge in [-0.05, 0) is 61.5 Å². The number of likely N-dealkylation sites (N-methyl/N-ethyl adjacent to an activating group) is 1. The first kappa shape index (κ1) is 24.5. The first-order valence-electron chi connectivity index (χ1n) is 11.4. The molecule has 33 heavy (non-hydrogen) atoms. The Morgan fingerprint density at radius 1 is 1.09 bits per heavy atom. The number of Topliss-reactive ketones (excluding diaryl/α,β-unsaturated/α-hetero) is 1. The van der Waals surface area contributed by atoms with E-state index in [4.69, 9.17) is 4.74 Å². The third-order valence-electron chi connectivity index (χ3n) is 5.86. The van der Waals surface area contributed by atoms with Gasteiger partial charge in [0.1, 0.15) is 17.3 Å². The van der Waals surface area contributed by atoms with Gasteiger partial charge in [-0.3, -0.25) is 9.59 Å². The summed E-state index contributed by atoms with van der Waals surface area (Å²) < 4.78 is 19.2. The Balaban J connectivity index is 2.08. The number of halogens is 1. The Kier molecular flexibility index (Phi) is 8.22. The second-order valence-electron chi connectivity index (χ2n) is 7.95. The summed E-state index contributed by atoms with van der Waals surface area (Å²) in [5.74, 6) is -1.55. The van der Waals surface area contributed by atoms with E-state index in [0.29, 0.717) is 31.0 Å². The van der Waals surface area contributed by atoms with Crippen LogP contribution in [0.3, 0.4) is 0 Å². The molecule has 1 heterocycles. The lowest BCUT2D eigenvalue weighted by Gasteiger charge is -2.28. The maximum Gasteiger partial charge on any atom is 0.295 e. The standard InChI is InChI=1S/C26H31FN2O4/c1-4-16-33-21-9-7-8-19(17-21)23-22(24(30)18-10-12-20(27)13-11-18)25(31)26(32)29(23)15-14-28(5-2)6-3/h7-13,17,23,30H,4-6,14-16H2,1-3H3/b24-22+/t23-/m0/s1. The zero-order valence-corrected chi connectivity index (χ0v) is 19.4. The van der Waals surface area contributed by atoms with Crippen molar-refractivity contribution in [3.63, 3.8) is 0 Å². The lowest BCUT2D eigenvalue weighted by atomic mass is 9.95. The van der Waals surface area contributed by atoms with Gasteiger partial charge in [0.15, 0.2) is 0 Å². The molecule has 0 bridgehead atoms. The van der Waals surface area contributed by atoms with Gasteiger partial charge in [0, 0.05) is 18.7 Å². The van der Waals surface area contributed by atoms with Crippen LogP contribution in [-0.4, -0.2) is 59.4 Å². The Morgan fingerprint density at radius 2 is 1.79 bits per heavy atom. The fraction of sp³-hybridized carbons (Fsp3) is 0.385. The number of carbonyl (C=O) groups excluding carboxylic acids is 2. The van der Waals surface area contributed by atoms with Gasteiger partial charge in [0.2, 0.25) is 0 Å². The normalized spacial score (nSPS) is 17.7. The molecule has 1 amide bonds. The maximum atomic E-state index is 13.4. The van der Waals surface area contributed by atoms with Crippen molar-refractivity contribution in [3.8, 4) is 5.75 Å². The molecule has 0 unspecified atom stereocenters. The third kappa shape index (κ3) is 5.42. The summed E-state index contributed by atoms with van der Waals surface area (Å²) in [5.41, 5.74) is 0.950. The van der Waals surface area contributed by atoms with Crippen LogP contribution in [0, 0.1) is 5.82 Å². The van der Waals surface area contributed by atoms with Crippen molar-refractivity contribution in [1.29, 1.82) is 0 Å². The Labute approximate surface area is 194 Å². The first-order chi connectivity index (χ1) is 15.9. The molecular weight excluding hydrogens is 423 g/mol. The molecule has 1 atom stereocenters. The molecule has 0 aromatic heterocycles. The van der Waals surface area contributed by atoms with Crippen molar-refractivity contribution in [2.75, 3.05) is 32.8 Å². The van der Waals surface area contributed by atoms with Crippen molar-refractivity contribution < 1.29 is 23.8 Å². The summed E-state index contributed by atoms with van der Waals surface area (Å²) in [6, 6.07) is 11.7. The molecule has 2 aromatic carbocycles. The van der Waals surface area contributed by atoms with E-state index in [1.165, 1.54) is 29.2 Å². The van der Waals surface area contributed by atoms with Gasteiger partial charge in [-0.25, -0.2) is 4.39 Å². The van der Waals surface area contributed by atoms with E-state index < -0.39 is 23.5 Å². The number of rotatable bonds is 10. The Morgan fingerprint density at radius 3 is 2.42 bits per heavy atom. The summed E-state index contributed by atoms with van der Waals surface area (Å²) >= 11 is 0. The number of aliphatic hydroxyl groups excluding tert-OH is 1. The predicted octanol–water partition coefficient (Wildman–Crippen LogP) is 4.38. The first-order valence-corrected chi connectivity index (χ1v) is 11.4. The van der Waals surface area contributed by atoms with Crippen molar-refractivity contribution in [3.05, 3.63) is 71.0 Å². The minimum Gasteiger partial charge on any atom is -0.507 e. The van der Waals surface area contributed by atoms with Gasteiger partial charge in [-0.1, -0.05) is 32.9 Å². The summed E-state index contributed by atoms with van der Waals surface area (Å²) in [7, 11) is 0. The van der Waals surface area contributed by atoms with E-state index in [-0.39, 0.29) is 16.9 Å². The summed E-state index contributed by atoms with van der Waals surface area (Å²) in [6.07, 6.45) is 0.844. The minimum absolute atomic E-state index is 0.00111. The van der Waals surface area contributed by atoms with Crippen molar-refractivity contribution in [2.24, 2.45) is 0 Å². The van der Waals surface area contributed by atoms with E-state index in [1.807, 2.05) is 39.0 Å². The van der Waals surface area contributed by atoms with Crippen LogP contribution in [0.5, 0.6) is 5.75 Å². The number of ether oxygens (including phenoxy) is 1. The molecule has 1 N–H and O–H groups in total. The molecule has 176 valence electrons. The van der Waals surface area contributed by atoms with Crippen LogP contribution in [0.1, 0.15) is 44.4 Å². The number of amides is 1. The van der Waals surface area contributed by atoms with Gasteiger partial charge in [-0.2, -0.15) is 0 Å². The van der Waals surface area contributed by atoms with Crippen LogP contribution in [-0.2, 0) is 9.59 Å². The van der Waals surface area contributed by atoms with Crippen LogP contribution in [0.15, 0.2) is 54.1 Å². The van der Waals surface area contributed by atoms with Crippen molar-refractivity contribution in [2.45, 2.75) is 33.2 Å². The molecule has 7 heteroatoms. The SMILES string of the molecule is CCCOc1cccc([C@H]2/C(=C(\O)c3ccc(F)cc3)C(=O)C(=O)N2CCN(CC)CC)c1. The van der Waals surface area contributed by atoms with Crippen molar-refractivity contribution >= 4 is 17.4 Å². The number of aliphatic hydroxyl groups is 1. The highest BCUT2D eigenvalue weighted by Gasteiger charge is 2.46. The molecular formula is C26H31FN2O4. The summed E-state index contributed by atoms with van der Waals surface area (Å²) in [6.45, 7) is 9.20. The molecule has 0 spiro atoms. The van der Waals surface area contributed by atoms with E-state index >= 15 is 0 Å². The van der Waals surface area contributed by atoms with E-state index in [9.17, 15) is 19.1 Å². The lowest BCUT2D eigenvalue weighted by molar-refractivity contribution is -0.140. The molecule has 1 fully saturated rings. The average molecular weight is 455 g/mol. The number of nitrogens with zero attached hydrogens (tertiary/aromatic N) is 2. The number of carbonyl (C=O) groups is 2. The fourth-order valence-corrected chi connectivity index (χ4v) is 4.00. The topological polar surface area (TPSA) is 70.1 Å². The monoisotopic (exact) mass is 454 g/mol.